The van der Waals surface area contributed by atoms with Crippen LogP contribution in [0.3, 0.4) is 0 Å². The van der Waals surface area contributed by atoms with Crippen molar-refractivity contribution in [1.29, 1.82) is 0 Å². The Hall–Kier alpha value is -2.60. The minimum absolute atomic E-state index is 0.183. The topological polar surface area (TPSA) is 82.7 Å². The van der Waals surface area contributed by atoms with Crippen LogP contribution in [0.2, 0.25) is 0 Å². The van der Waals surface area contributed by atoms with Crippen LogP contribution < -0.4 is 5.32 Å². The van der Waals surface area contributed by atoms with Gasteiger partial charge >= 0.3 is 0 Å². The summed E-state index contributed by atoms with van der Waals surface area (Å²) in [6.07, 6.45) is -0.680. The Morgan fingerprint density at radius 3 is 2.59 bits per heavy atom. The highest BCUT2D eigenvalue weighted by Gasteiger charge is 2.10. The molecule has 22 heavy (non-hydrogen) atoms. The van der Waals surface area contributed by atoms with Gasteiger partial charge < -0.3 is 15.5 Å². The first-order valence-electron chi connectivity index (χ1n) is 7.08. The zero-order chi connectivity index (χ0) is 15.7. The van der Waals surface area contributed by atoms with E-state index >= 15 is 0 Å². The summed E-state index contributed by atoms with van der Waals surface area (Å²) in [5, 5.41) is 27.1. The number of hydrogen-bond donors (Lipinski definition) is 3. The normalized spacial score (nSPS) is 12.5. The van der Waals surface area contributed by atoms with Gasteiger partial charge in [0.15, 0.2) is 5.65 Å². The van der Waals surface area contributed by atoms with Crippen molar-refractivity contribution in [2.75, 3.05) is 11.9 Å². The summed E-state index contributed by atoms with van der Waals surface area (Å²) in [4.78, 5) is 4.42. The standard InChI is InChI=1S/C16H18N4O2/c1-10-7-15(20-16(18-10)8-11(2)19-20)17-9-14(22)12-3-5-13(21)6-4-12/h3-8,14,17,21-22H,9H2,1-2H3/t14-/m0/s1. The van der Waals surface area contributed by atoms with Gasteiger partial charge in [-0.2, -0.15) is 9.61 Å². The molecule has 3 N–H and O–H groups in total. The van der Waals surface area contributed by atoms with E-state index in [0.29, 0.717) is 6.54 Å². The number of rotatable bonds is 4. The van der Waals surface area contributed by atoms with E-state index in [1.807, 2.05) is 26.0 Å². The van der Waals surface area contributed by atoms with Crippen LogP contribution in [0.25, 0.3) is 5.65 Å². The Balaban J connectivity index is 1.80. The molecule has 0 aliphatic carbocycles. The molecule has 2 heterocycles. The van der Waals surface area contributed by atoms with Gasteiger partial charge in [-0.15, -0.1) is 0 Å². The van der Waals surface area contributed by atoms with Crippen LogP contribution in [0, 0.1) is 13.8 Å². The number of nitrogens with one attached hydrogen (secondary N) is 1. The van der Waals surface area contributed by atoms with Crippen molar-refractivity contribution in [2.45, 2.75) is 20.0 Å². The Bertz CT molecular complexity index is 796. The molecular weight excluding hydrogens is 280 g/mol. The second-order valence-electron chi connectivity index (χ2n) is 5.33. The number of fused-ring (bicyclic) bond motifs is 1. The van der Waals surface area contributed by atoms with Crippen molar-refractivity contribution in [3.8, 4) is 5.75 Å². The number of benzene rings is 1. The molecule has 6 heteroatoms. The van der Waals surface area contributed by atoms with Crippen LogP contribution in [0.1, 0.15) is 23.1 Å². The molecular formula is C16H18N4O2. The summed E-state index contributed by atoms with van der Waals surface area (Å²) in [6, 6.07) is 10.3. The molecule has 3 rings (SSSR count). The van der Waals surface area contributed by atoms with Crippen molar-refractivity contribution in [1.82, 2.24) is 14.6 Å². The van der Waals surface area contributed by atoms with Crippen LogP contribution in [0.4, 0.5) is 5.82 Å². The van der Waals surface area contributed by atoms with Crippen molar-refractivity contribution in [2.24, 2.45) is 0 Å². The smallest absolute Gasteiger partial charge is 0.157 e. The fourth-order valence-electron chi connectivity index (χ4n) is 2.36. The van der Waals surface area contributed by atoms with E-state index in [-0.39, 0.29) is 5.75 Å². The quantitative estimate of drug-likeness (QED) is 0.688. The predicted octanol–water partition coefficient (Wildman–Crippen LogP) is 2.20. The average molecular weight is 298 g/mol. The summed E-state index contributed by atoms with van der Waals surface area (Å²) in [5.74, 6) is 0.968. The van der Waals surface area contributed by atoms with E-state index < -0.39 is 6.10 Å². The van der Waals surface area contributed by atoms with Crippen molar-refractivity contribution < 1.29 is 10.2 Å². The van der Waals surface area contributed by atoms with Crippen LogP contribution in [0.15, 0.2) is 36.4 Å². The van der Waals surface area contributed by atoms with Crippen LogP contribution in [-0.4, -0.2) is 31.4 Å². The number of aryl methyl sites for hydroxylation is 2. The van der Waals surface area contributed by atoms with Crippen molar-refractivity contribution >= 4 is 11.5 Å². The highest BCUT2D eigenvalue weighted by atomic mass is 16.3. The Morgan fingerprint density at radius 1 is 1.14 bits per heavy atom. The van der Waals surface area contributed by atoms with Gasteiger partial charge in [0.2, 0.25) is 0 Å². The fourth-order valence-corrected chi connectivity index (χ4v) is 2.36. The molecule has 0 aliphatic heterocycles. The molecule has 0 saturated carbocycles. The molecule has 1 aromatic carbocycles. The lowest BCUT2D eigenvalue weighted by atomic mass is 10.1. The Kier molecular flexibility index (Phi) is 3.68. The summed E-state index contributed by atoms with van der Waals surface area (Å²) in [7, 11) is 0. The highest BCUT2D eigenvalue weighted by Crippen LogP contribution is 2.19. The van der Waals surface area contributed by atoms with E-state index in [0.717, 1.165) is 28.4 Å². The average Bonchev–Trinajstić information content (AvgIpc) is 2.85. The zero-order valence-corrected chi connectivity index (χ0v) is 12.5. The van der Waals surface area contributed by atoms with Gasteiger partial charge in [-0.25, -0.2) is 4.98 Å². The Morgan fingerprint density at radius 2 is 1.86 bits per heavy atom. The van der Waals surface area contributed by atoms with Gasteiger partial charge in [-0.3, -0.25) is 0 Å². The molecule has 0 saturated heterocycles. The molecule has 1 atom stereocenters. The minimum Gasteiger partial charge on any atom is -0.508 e. The van der Waals surface area contributed by atoms with Crippen LogP contribution >= 0.6 is 0 Å². The van der Waals surface area contributed by atoms with Crippen molar-refractivity contribution in [3.05, 3.63) is 53.3 Å². The van der Waals surface area contributed by atoms with Gasteiger partial charge in [-0.1, -0.05) is 12.1 Å². The van der Waals surface area contributed by atoms with E-state index in [2.05, 4.69) is 15.4 Å². The number of aromatic hydroxyl groups is 1. The molecule has 3 aromatic rings. The van der Waals surface area contributed by atoms with Gasteiger partial charge in [0, 0.05) is 24.4 Å². The SMILES string of the molecule is Cc1cc(NC[C@H](O)c2ccc(O)cc2)n2nc(C)cc2n1. The highest BCUT2D eigenvalue weighted by molar-refractivity contribution is 5.50. The first-order valence-corrected chi connectivity index (χ1v) is 7.08. The third kappa shape index (κ3) is 2.87. The number of nitrogens with zero attached hydrogens (tertiary/aromatic N) is 3. The van der Waals surface area contributed by atoms with Crippen LogP contribution in [-0.2, 0) is 0 Å². The number of aliphatic hydroxyl groups excluding tert-OH is 1. The first-order chi connectivity index (χ1) is 10.5. The van der Waals surface area contributed by atoms with Gasteiger partial charge in [-0.05, 0) is 31.5 Å². The predicted molar refractivity (Wildman–Crippen MR) is 84.0 cm³/mol. The number of hydrogen-bond acceptors (Lipinski definition) is 5. The Labute approximate surface area is 128 Å². The first kappa shape index (κ1) is 14.3. The lowest BCUT2D eigenvalue weighted by Crippen LogP contribution is -2.15. The summed E-state index contributed by atoms with van der Waals surface area (Å²) < 4.78 is 1.73. The summed E-state index contributed by atoms with van der Waals surface area (Å²) in [5.41, 5.74) is 3.29. The number of anilines is 1. The molecule has 0 radical (unpaired) electrons. The van der Waals surface area contributed by atoms with Gasteiger partial charge in [0.1, 0.15) is 11.6 Å². The largest absolute Gasteiger partial charge is 0.508 e. The third-order valence-electron chi connectivity index (χ3n) is 3.43. The molecule has 0 bridgehead atoms. The van der Waals surface area contributed by atoms with E-state index in [9.17, 15) is 10.2 Å². The van der Waals surface area contributed by atoms with Gasteiger partial charge in [0.25, 0.3) is 0 Å². The molecule has 0 fully saturated rings. The maximum absolute atomic E-state index is 10.2. The second kappa shape index (κ2) is 5.65. The summed E-state index contributed by atoms with van der Waals surface area (Å²) >= 11 is 0. The van der Waals surface area contributed by atoms with Crippen molar-refractivity contribution in [3.63, 3.8) is 0 Å². The maximum Gasteiger partial charge on any atom is 0.157 e. The lowest BCUT2D eigenvalue weighted by molar-refractivity contribution is 0.191. The monoisotopic (exact) mass is 298 g/mol. The number of aliphatic hydroxyl groups is 1. The van der Waals surface area contributed by atoms with E-state index in [4.69, 9.17) is 0 Å². The van der Waals surface area contributed by atoms with Crippen LogP contribution in [0.5, 0.6) is 5.75 Å². The van der Waals surface area contributed by atoms with Gasteiger partial charge in [0.05, 0.1) is 11.8 Å². The van der Waals surface area contributed by atoms with E-state index in [1.165, 1.54) is 0 Å². The summed E-state index contributed by atoms with van der Waals surface area (Å²) in [6.45, 7) is 4.17. The lowest BCUT2D eigenvalue weighted by Gasteiger charge is -2.14. The third-order valence-corrected chi connectivity index (χ3v) is 3.43. The van der Waals surface area contributed by atoms with E-state index in [1.54, 1.807) is 28.8 Å². The molecule has 6 nitrogen and oxygen atoms in total. The number of aromatic nitrogens is 3. The molecule has 0 amide bonds. The molecule has 0 spiro atoms. The second-order valence-corrected chi connectivity index (χ2v) is 5.33. The minimum atomic E-state index is -0.680. The molecule has 0 aliphatic rings. The zero-order valence-electron chi connectivity index (χ0n) is 12.5. The number of phenolic OH excluding ortho intramolecular Hbond substituents is 1. The number of phenols is 1. The molecule has 114 valence electrons. The maximum atomic E-state index is 10.2. The fraction of sp³-hybridized carbons (Fsp3) is 0.250. The molecule has 0 unspecified atom stereocenters. The molecule has 2 aromatic heterocycles.